The molecule has 1 rings (SSSR count). The van der Waals surface area contributed by atoms with Crippen molar-refractivity contribution >= 4 is 0 Å². The average molecular weight is 239 g/mol. The molecular weight excluding hydrogens is 217 g/mol. The molecule has 2 nitrogen and oxygen atoms in total. The number of aryl methyl sites for hydroxylation is 1. The van der Waals surface area contributed by atoms with Crippen LogP contribution < -0.4 is 10.1 Å². The third kappa shape index (κ3) is 4.73. The van der Waals surface area contributed by atoms with E-state index >= 15 is 0 Å². The molecule has 3 heteroatoms. The van der Waals surface area contributed by atoms with Gasteiger partial charge in [0.2, 0.25) is 0 Å². The molecule has 0 aliphatic rings. The van der Waals surface area contributed by atoms with Crippen LogP contribution in [-0.2, 0) is 0 Å². The van der Waals surface area contributed by atoms with E-state index in [1.807, 2.05) is 6.07 Å². The smallest absolute Gasteiger partial charge is 0.129 e. The van der Waals surface area contributed by atoms with Crippen LogP contribution in [0.3, 0.4) is 0 Å². The third-order valence-corrected chi connectivity index (χ3v) is 2.68. The Bertz CT molecular complexity index is 341. The van der Waals surface area contributed by atoms with E-state index in [9.17, 15) is 4.39 Å². The van der Waals surface area contributed by atoms with Crippen molar-refractivity contribution in [2.45, 2.75) is 39.7 Å². The predicted octanol–water partition coefficient (Wildman–Crippen LogP) is 3.29. The lowest BCUT2D eigenvalue weighted by Crippen LogP contribution is -2.31. The number of halogens is 1. The van der Waals surface area contributed by atoms with E-state index < -0.39 is 0 Å². The number of benzene rings is 1. The molecule has 0 spiro atoms. The van der Waals surface area contributed by atoms with Crippen molar-refractivity contribution in [1.29, 1.82) is 0 Å². The van der Waals surface area contributed by atoms with Crippen LogP contribution in [0.1, 0.15) is 32.3 Å². The average Bonchev–Trinajstić information content (AvgIpc) is 2.31. The van der Waals surface area contributed by atoms with Crippen molar-refractivity contribution in [3.05, 3.63) is 29.6 Å². The minimum absolute atomic E-state index is 0.113. The highest BCUT2D eigenvalue weighted by molar-refractivity contribution is 5.28. The Morgan fingerprint density at radius 2 is 2.12 bits per heavy atom. The first kappa shape index (κ1) is 14.0. The maximum atomic E-state index is 13.4. The van der Waals surface area contributed by atoms with Gasteiger partial charge in [-0.2, -0.15) is 0 Å². The minimum atomic E-state index is -0.207. The summed E-state index contributed by atoms with van der Waals surface area (Å²) in [4.78, 5) is 0. The van der Waals surface area contributed by atoms with Crippen molar-refractivity contribution < 1.29 is 9.13 Å². The summed E-state index contributed by atoms with van der Waals surface area (Å²) in [6.45, 7) is 7.67. The number of nitrogens with one attached hydrogen (secondary N) is 1. The van der Waals surface area contributed by atoms with Crippen molar-refractivity contribution in [2.24, 2.45) is 0 Å². The lowest BCUT2D eigenvalue weighted by molar-refractivity contribution is 0.186. The number of likely N-dealkylation sites (N-methyl/N-ethyl adjacent to an activating group) is 1. The van der Waals surface area contributed by atoms with Crippen LogP contribution in [0.4, 0.5) is 4.39 Å². The normalized spacial score (nSPS) is 12.5. The molecular formula is C14H22FNO. The Morgan fingerprint density at radius 3 is 2.71 bits per heavy atom. The van der Waals surface area contributed by atoms with Crippen LogP contribution in [0.15, 0.2) is 18.2 Å². The van der Waals surface area contributed by atoms with Crippen molar-refractivity contribution in [1.82, 2.24) is 5.32 Å². The molecule has 0 saturated heterocycles. The molecule has 1 aromatic carbocycles. The summed E-state index contributed by atoms with van der Waals surface area (Å²) in [6.07, 6.45) is 2.15. The maximum absolute atomic E-state index is 13.4. The van der Waals surface area contributed by atoms with Crippen LogP contribution >= 0.6 is 0 Å². The van der Waals surface area contributed by atoms with Gasteiger partial charge in [-0.05, 0) is 31.5 Å². The molecule has 0 saturated carbocycles. The standard InChI is InChI=1S/C14H22FNO/c1-4-6-13(10-16-5-2)17-12-8-7-11(3)14(15)9-12/h7-9,13,16H,4-6,10H2,1-3H3. The molecule has 1 N–H and O–H groups in total. The first-order valence-corrected chi connectivity index (χ1v) is 6.30. The molecule has 0 radical (unpaired) electrons. The molecule has 96 valence electrons. The molecule has 0 fully saturated rings. The lowest BCUT2D eigenvalue weighted by Gasteiger charge is -2.19. The van der Waals surface area contributed by atoms with Gasteiger partial charge in [-0.25, -0.2) is 4.39 Å². The van der Waals surface area contributed by atoms with Gasteiger partial charge in [0, 0.05) is 12.6 Å². The van der Waals surface area contributed by atoms with Gasteiger partial charge >= 0.3 is 0 Å². The molecule has 17 heavy (non-hydrogen) atoms. The van der Waals surface area contributed by atoms with E-state index in [1.165, 1.54) is 6.07 Å². The zero-order valence-electron chi connectivity index (χ0n) is 10.9. The first-order chi connectivity index (χ1) is 8.17. The summed E-state index contributed by atoms with van der Waals surface area (Å²) >= 11 is 0. The Morgan fingerprint density at radius 1 is 1.35 bits per heavy atom. The second-order valence-electron chi connectivity index (χ2n) is 4.25. The fourth-order valence-electron chi connectivity index (χ4n) is 1.67. The van der Waals surface area contributed by atoms with E-state index in [-0.39, 0.29) is 11.9 Å². The number of rotatable bonds is 7. The Balaban J connectivity index is 2.61. The van der Waals surface area contributed by atoms with E-state index in [0.29, 0.717) is 11.3 Å². The van der Waals surface area contributed by atoms with Crippen LogP contribution in [0.2, 0.25) is 0 Å². The highest BCUT2D eigenvalue weighted by Gasteiger charge is 2.09. The van der Waals surface area contributed by atoms with Gasteiger partial charge in [-0.1, -0.05) is 26.3 Å². The molecule has 0 heterocycles. The molecule has 0 bridgehead atoms. The van der Waals surface area contributed by atoms with Crippen LogP contribution in [0, 0.1) is 12.7 Å². The zero-order chi connectivity index (χ0) is 12.7. The molecule has 0 aromatic heterocycles. The lowest BCUT2D eigenvalue weighted by atomic mass is 10.2. The Kier molecular flexibility index (Phi) is 5.98. The molecule has 0 aliphatic heterocycles. The van der Waals surface area contributed by atoms with Crippen LogP contribution in [0.25, 0.3) is 0 Å². The molecule has 0 amide bonds. The molecule has 1 aromatic rings. The first-order valence-electron chi connectivity index (χ1n) is 6.30. The fraction of sp³-hybridized carbons (Fsp3) is 0.571. The van der Waals surface area contributed by atoms with Gasteiger partial charge < -0.3 is 10.1 Å². The highest BCUT2D eigenvalue weighted by Crippen LogP contribution is 2.18. The second kappa shape index (κ2) is 7.28. The van der Waals surface area contributed by atoms with E-state index in [0.717, 1.165) is 25.9 Å². The number of hydrogen-bond donors (Lipinski definition) is 1. The molecule has 1 unspecified atom stereocenters. The topological polar surface area (TPSA) is 21.3 Å². The van der Waals surface area contributed by atoms with Gasteiger partial charge in [0.1, 0.15) is 17.7 Å². The predicted molar refractivity (Wildman–Crippen MR) is 69.0 cm³/mol. The van der Waals surface area contributed by atoms with Crippen molar-refractivity contribution in [3.8, 4) is 5.75 Å². The summed E-state index contributed by atoms with van der Waals surface area (Å²) in [6, 6.07) is 5.04. The Labute approximate surface area is 103 Å². The number of ether oxygens (including phenoxy) is 1. The monoisotopic (exact) mass is 239 g/mol. The zero-order valence-corrected chi connectivity index (χ0v) is 10.9. The van der Waals surface area contributed by atoms with Gasteiger partial charge in [-0.15, -0.1) is 0 Å². The Hall–Kier alpha value is -1.09. The van der Waals surface area contributed by atoms with Crippen LogP contribution in [-0.4, -0.2) is 19.2 Å². The van der Waals surface area contributed by atoms with Crippen molar-refractivity contribution in [2.75, 3.05) is 13.1 Å². The van der Waals surface area contributed by atoms with Gasteiger partial charge in [0.25, 0.3) is 0 Å². The SMILES string of the molecule is CCCC(CNCC)Oc1ccc(C)c(F)c1. The van der Waals surface area contributed by atoms with Gasteiger partial charge in [0.15, 0.2) is 0 Å². The maximum Gasteiger partial charge on any atom is 0.129 e. The quantitative estimate of drug-likeness (QED) is 0.788. The van der Waals surface area contributed by atoms with Crippen molar-refractivity contribution in [3.63, 3.8) is 0 Å². The summed E-state index contributed by atoms with van der Waals surface area (Å²) in [7, 11) is 0. The van der Waals surface area contributed by atoms with E-state index in [1.54, 1.807) is 13.0 Å². The summed E-state index contributed by atoms with van der Waals surface area (Å²) < 4.78 is 19.2. The largest absolute Gasteiger partial charge is 0.489 e. The van der Waals surface area contributed by atoms with E-state index in [4.69, 9.17) is 4.74 Å². The van der Waals surface area contributed by atoms with Gasteiger partial charge in [0.05, 0.1) is 0 Å². The summed E-state index contributed by atoms with van der Waals surface area (Å²) in [5.74, 6) is 0.408. The minimum Gasteiger partial charge on any atom is -0.489 e. The van der Waals surface area contributed by atoms with Gasteiger partial charge in [-0.3, -0.25) is 0 Å². The fourth-order valence-corrected chi connectivity index (χ4v) is 1.67. The van der Waals surface area contributed by atoms with E-state index in [2.05, 4.69) is 19.2 Å². The second-order valence-corrected chi connectivity index (χ2v) is 4.25. The highest BCUT2D eigenvalue weighted by atomic mass is 19.1. The molecule has 0 aliphatic carbocycles. The number of hydrogen-bond acceptors (Lipinski definition) is 2. The summed E-state index contributed by atoms with van der Waals surface area (Å²) in [5.41, 5.74) is 0.649. The summed E-state index contributed by atoms with van der Waals surface area (Å²) in [5, 5.41) is 3.26. The molecule has 1 atom stereocenters. The third-order valence-electron chi connectivity index (χ3n) is 2.68. The van der Waals surface area contributed by atoms with Crippen LogP contribution in [0.5, 0.6) is 5.75 Å².